The molecule has 0 aliphatic carbocycles. The third-order valence-corrected chi connectivity index (χ3v) is 5.49. The van der Waals surface area contributed by atoms with E-state index >= 15 is 0 Å². The zero-order chi connectivity index (χ0) is 18.6. The molecule has 6 nitrogen and oxygen atoms in total. The third kappa shape index (κ3) is 3.96. The van der Waals surface area contributed by atoms with E-state index in [1.165, 1.54) is 0 Å². The number of carbonyl (C=O) groups is 2. The predicted octanol–water partition coefficient (Wildman–Crippen LogP) is 1.21. The number of hydrogen-bond donors (Lipinski definition) is 2. The Kier molecular flexibility index (Phi) is 5.36. The number of nitrogens with zero attached hydrogens (tertiary/aromatic N) is 2. The molecule has 4 rings (SSSR count). The molecule has 142 valence electrons. The second-order valence-corrected chi connectivity index (χ2v) is 7.29. The van der Waals surface area contributed by atoms with Crippen molar-refractivity contribution in [2.45, 2.75) is 6.42 Å². The van der Waals surface area contributed by atoms with Crippen LogP contribution in [-0.4, -0.2) is 62.5 Å². The molecule has 2 aliphatic heterocycles. The Morgan fingerprint density at radius 1 is 1.11 bits per heavy atom. The highest BCUT2D eigenvalue weighted by atomic mass is 16.2. The zero-order valence-corrected chi connectivity index (χ0v) is 15.5. The summed E-state index contributed by atoms with van der Waals surface area (Å²) in [5, 5.41) is 8.50. The molecular weight excluding hydrogens is 340 g/mol. The topological polar surface area (TPSA) is 64.7 Å². The Balaban J connectivity index is 1.37. The first-order valence-corrected chi connectivity index (χ1v) is 9.71. The number of nitrogens with one attached hydrogen (secondary N) is 2. The van der Waals surface area contributed by atoms with Gasteiger partial charge in [-0.2, -0.15) is 0 Å². The van der Waals surface area contributed by atoms with Gasteiger partial charge in [-0.05, 0) is 11.5 Å². The molecule has 2 aliphatic rings. The quantitative estimate of drug-likeness (QED) is 0.835. The highest BCUT2D eigenvalue weighted by molar-refractivity contribution is 6.06. The monoisotopic (exact) mass is 366 g/mol. The number of piperazine rings is 1. The van der Waals surface area contributed by atoms with Crippen molar-refractivity contribution in [1.29, 1.82) is 0 Å². The van der Waals surface area contributed by atoms with Crippen LogP contribution in [0.25, 0.3) is 10.8 Å². The number of fused-ring (bicyclic) bond motifs is 1. The fourth-order valence-corrected chi connectivity index (χ4v) is 3.98. The minimum absolute atomic E-state index is 0.0128. The van der Waals surface area contributed by atoms with Crippen molar-refractivity contribution in [3.8, 4) is 0 Å². The van der Waals surface area contributed by atoms with Gasteiger partial charge in [-0.25, -0.2) is 0 Å². The minimum atomic E-state index is -0.278. The molecule has 2 amide bonds. The van der Waals surface area contributed by atoms with Crippen LogP contribution in [0.3, 0.4) is 0 Å². The molecule has 2 aromatic rings. The van der Waals surface area contributed by atoms with Crippen molar-refractivity contribution >= 4 is 28.3 Å². The second-order valence-electron chi connectivity index (χ2n) is 7.29. The highest BCUT2D eigenvalue weighted by Crippen LogP contribution is 2.31. The van der Waals surface area contributed by atoms with E-state index in [1.54, 1.807) is 4.90 Å². The van der Waals surface area contributed by atoms with E-state index in [9.17, 15) is 9.59 Å². The van der Waals surface area contributed by atoms with Gasteiger partial charge in [0.05, 0.1) is 11.6 Å². The third-order valence-electron chi connectivity index (χ3n) is 5.49. The Morgan fingerprint density at radius 3 is 2.74 bits per heavy atom. The van der Waals surface area contributed by atoms with E-state index in [0.717, 1.165) is 49.2 Å². The van der Waals surface area contributed by atoms with Crippen molar-refractivity contribution in [1.82, 2.24) is 15.5 Å². The second kappa shape index (κ2) is 8.06. The molecule has 6 heteroatoms. The summed E-state index contributed by atoms with van der Waals surface area (Å²) in [6.45, 7) is 6.00. The van der Waals surface area contributed by atoms with Gasteiger partial charge in [0.2, 0.25) is 11.8 Å². The van der Waals surface area contributed by atoms with Crippen LogP contribution in [0.2, 0.25) is 0 Å². The Bertz CT molecular complexity index is 827. The first-order chi connectivity index (χ1) is 13.2. The van der Waals surface area contributed by atoms with Gasteiger partial charge in [-0.15, -0.1) is 0 Å². The van der Waals surface area contributed by atoms with E-state index < -0.39 is 0 Å². The SMILES string of the molecule is O=C(NCCN1CCNCC1)C1CC(=O)N(c2cccc3ccccc23)C1. The molecule has 0 spiro atoms. The van der Waals surface area contributed by atoms with Crippen LogP contribution in [0.4, 0.5) is 5.69 Å². The number of rotatable bonds is 5. The number of carbonyl (C=O) groups excluding carboxylic acids is 2. The summed E-state index contributed by atoms with van der Waals surface area (Å²) < 4.78 is 0. The summed E-state index contributed by atoms with van der Waals surface area (Å²) in [7, 11) is 0. The first kappa shape index (κ1) is 17.9. The molecule has 2 aromatic carbocycles. The number of anilines is 1. The number of amides is 2. The van der Waals surface area contributed by atoms with E-state index in [4.69, 9.17) is 0 Å². The van der Waals surface area contributed by atoms with Crippen LogP contribution in [0.1, 0.15) is 6.42 Å². The van der Waals surface area contributed by atoms with Gasteiger partial charge in [0.25, 0.3) is 0 Å². The van der Waals surface area contributed by atoms with E-state index in [1.807, 2.05) is 42.5 Å². The Hall–Kier alpha value is -2.44. The molecule has 2 saturated heterocycles. The van der Waals surface area contributed by atoms with Crippen LogP contribution in [0.15, 0.2) is 42.5 Å². The lowest BCUT2D eigenvalue weighted by Crippen LogP contribution is -2.46. The molecule has 0 aromatic heterocycles. The molecule has 0 radical (unpaired) electrons. The molecule has 2 N–H and O–H groups in total. The smallest absolute Gasteiger partial charge is 0.227 e. The summed E-state index contributed by atoms with van der Waals surface area (Å²) in [6, 6.07) is 14.0. The Morgan fingerprint density at radius 2 is 1.89 bits per heavy atom. The van der Waals surface area contributed by atoms with Gasteiger partial charge in [0, 0.05) is 57.6 Å². The largest absolute Gasteiger partial charge is 0.355 e. The van der Waals surface area contributed by atoms with Crippen molar-refractivity contribution in [2.75, 3.05) is 50.7 Å². The van der Waals surface area contributed by atoms with Crippen LogP contribution >= 0.6 is 0 Å². The molecule has 1 unspecified atom stereocenters. The number of hydrogen-bond acceptors (Lipinski definition) is 4. The summed E-state index contributed by atoms with van der Waals surface area (Å²) in [5.74, 6) is -0.269. The van der Waals surface area contributed by atoms with Crippen molar-refractivity contribution in [3.05, 3.63) is 42.5 Å². The zero-order valence-electron chi connectivity index (χ0n) is 15.5. The highest BCUT2D eigenvalue weighted by Gasteiger charge is 2.35. The molecule has 2 heterocycles. The van der Waals surface area contributed by atoms with Crippen molar-refractivity contribution < 1.29 is 9.59 Å². The lowest BCUT2D eigenvalue weighted by Gasteiger charge is -2.27. The maximum absolute atomic E-state index is 12.6. The van der Waals surface area contributed by atoms with Gasteiger partial charge in [0.15, 0.2) is 0 Å². The standard InChI is InChI=1S/C21H26N4O2/c26-20-14-17(21(27)23-10-13-24-11-8-22-9-12-24)15-25(20)19-7-3-5-16-4-1-2-6-18(16)19/h1-7,17,22H,8-15H2,(H,23,27). The van der Waals surface area contributed by atoms with Gasteiger partial charge in [0.1, 0.15) is 0 Å². The lowest BCUT2D eigenvalue weighted by molar-refractivity contribution is -0.126. The summed E-state index contributed by atoms with van der Waals surface area (Å²) in [6.07, 6.45) is 0.280. The van der Waals surface area contributed by atoms with Crippen molar-refractivity contribution in [3.63, 3.8) is 0 Å². The fraction of sp³-hybridized carbons (Fsp3) is 0.429. The normalized spacial score (nSPS) is 21.0. The van der Waals surface area contributed by atoms with Crippen LogP contribution in [0, 0.1) is 5.92 Å². The summed E-state index contributed by atoms with van der Waals surface area (Å²) in [4.78, 5) is 29.3. The molecular formula is C21H26N4O2. The number of benzene rings is 2. The van der Waals surface area contributed by atoms with Crippen LogP contribution in [-0.2, 0) is 9.59 Å². The van der Waals surface area contributed by atoms with Gasteiger partial charge < -0.3 is 15.5 Å². The van der Waals surface area contributed by atoms with Gasteiger partial charge >= 0.3 is 0 Å². The Labute approximate surface area is 159 Å². The van der Waals surface area contributed by atoms with E-state index in [-0.39, 0.29) is 24.2 Å². The fourth-order valence-electron chi connectivity index (χ4n) is 3.98. The predicted molar refractivity (Wildman–Crippen MR) is 107 cm³/mol. The molecule has 1 atom stereocenters. The molecule has 2 fully saturated rings. The maximum Gasteiger partial charge on any atom is 0.227 e. The maximum atomic E-state index is 12.6. The van der Waals surface area contributed by atoms with Crippen LogP contribution in [0.5, 0.6) is 0 Å². The first-order valence-electron chi connectivity index (χ1n) is 9.71. The molecule has 27 heavy (non-hydrogen) atoms. The molecule has 0 saturated carbocycles. The van der Waals surface area contributed by atoms with E-state index in [2.05, 4.69) is 15.5 Å². The van der Waals surface area contributed by atoms with E-state index in [0.29, 0.717) is 13.1 Å². The van der Waals surface area contributed by atoms with Gasteiger partial charge in [-0.3, -0.25) is 14.5 Å². The average molecular weight is 366 g/mol. The lowest BCUT2D eigenvalue weighted by atomic mass is 10.1. The molecule has 0 bridgehead atoms. The van der Waals surface area contributed by atoms with Crippen molar-refractivity contribution in [2.24, 2.45) is 5.92 Å². The van der Waals surface area contributed by atoms with Crippen LogP contribution < -0.4 is 15.5 Å². The van der Waals surface area contributed by atoms with Gasteiger partial charge in [-0.1, -0.05) is 36.4 Å². The minimum Gasteiger partial charge on any atom is -0.355 e. The average Bonchev–Trinajstić information content (AvgIpc) is 3.10. The summed E-state index contributed by atoms with van der Waals surface area (Å²) >= 11 is 0. The summed E-state index contributed by atoms with van der Waals surface area (Å²) in [5.41, 5.74) is 0.897.